The molecular weight excluding hydrogens is 206 g/mol. The quantitative estimate of drug-likeness (QED) is 0.619. The lowest BCUT2D eigenvalue weighted by Gasteiger charge is -1.98. The van der Waals surface area contributed by atoms with Crippen LogP contribution in [0.4, 0.5) is 5.69 Å². The Labute approximate surface area is 92.6 Å². The molecule has 0 spiro atoms. The molecule has 1 heterocycles. The molecule has 0 saturated heterocycles. The highest BCUT2D eigenvalue weighted by molar-refractivity contribution is 5.69. The number of anilines is 1. The van der Waals surface area contributed by atoms with Crippen LogP contribution >= 0.6 is 0 Å². The molecule has 0 bridgehead atoms. The fourth-order valence-electron chi connectivity index (χ4n) is 1.36. The van der Waals surface area contributed by atoms with Crippen molar-refractivity contribution in [2.75, 3.05) is 5.73 Å². The minimum atomic E-state index is -0.409. The zero-order valence-corrected chi connectivity index (χ0v) is 8.77. The summed E-state index contributed by atoms with van der Waals surface area (Å²) in [5.41, 5.74) is 7.16. The fourth-order valence-corrected chi connectivity index (χ4v) is 1.36. The molecule has 0 saturated carbocycles. The van der Waals surface area contributed by atoms with Gasteiger partial charge in [0, 0.05) is 24.2 Å². The van der Waals surface area contributed by atoms with Gasteiger partial charge in [-0.3, -0.25) is 4.79 Å². The number of carbonyl (C=O) groups is 1. The monoisotopic (exact) mass is 217 g/mol. The zero-order chi connectivity index (χ0) is 11.5. The van der Waals surface area contributed by atoms with Gasteiger partial charge in [-0.25, -0.2) is 0 Å². The highest BCUT2D eigenvalue weighted by Gasteiger charge is 2.07. The Morgan fingerprint density at radius 1 is 1.31 bits per heavy atom. The Kier molecular flexibility index (Phi) is 2.64. The standard InChI is InChI=1S/C12H11NO3/c1-8(14)15-12-6-5-11(16-12)9-3-2-4-10(13)7-9/h2-7H,13H2,1H3. The number of carbonyl (C=O) groups excluding carboxylic acids is 1. The van der Waals surface area contributed by atoms with E-state index in [0.29, 0.717) is 11.4 Å². The highest BCUT2D eigenvalue weighted by atomic mass is 16.6. The van der Waals surface area contributed by atoms with E-state index in [2.05, 4.69) is 0 Å². The predicted molar refractivity (Wildman–Crippen MR) is 59.9 cm³/mol. The van der Waals surface area contributed by atoms with E-state index in [9.17, 15) is 4.79 Å². The second kappa shape index (κ2) is 4.10. The summed E-state index contributed by atoms with van der Waals surface area (Å²) in [6, 6.07) is 10.6. The van der Waals surface area contributed by atoms with Crippen molar-refractivity contribution in [2.24, 2.45) is 0 Å². The lowest BCUT2D eigenvalue weighted by molar-refractivity contribution is -0.133. The molecule has 0 amide bonds. The van der Waals surface area contributed by atoms with E-state index in [-0.39, 0.29) is 5.95 Å². The molecule has 0 aliphatic rings. The lowest BCUT2D eigenvalue weighted by atomic mass is 10.1. The van der Waals surface area contributed by atoms with Crippen LogP contribution in [-0.4, -0.2) is 5.97 Å². The maximum absolute atomic E-state index is 10.7. The number of hydrogen-bond acceptors (Lipinski definition) is 4. The predicted octanol–water partition coefficient (Wildman–Crippen LogP) is 2.45. The normalized spacial score (nSPS) is 10.1. The molecule has 1 aromatic heterocycles. The number of hydrogen-bond donors (Lipinski definition) is 1. The van der Waals surface area contributed by atoms with E-state index >= 15 is 0 Å². The molecule has 0 aliphatic heterocycles. The first-order chi connectivity index (χ1) is 7.65. The van der Waals surface area contributed by atoms with Gasteiger partial charge in [-0.15, -0.1) is 0 Å². The third-order valence-corrected chi connectivity index (χ3v) is 2.00. The molecule has 16 heavy (non-hydrogen) atoms. The van der Waals surface area contributed by atoms with Gasteiger partial charge in [-0.2, -0.15) is 0 Å². The number of nitrogen functional groups attached to an aromatic ring is 1. The first-order valence-corrected chi connectivity index (χ1v) is 4.79. The van der Waals surface area contributed by atoms with Gasteiger partial charge in [0.1, 0.15) is 5.76 Å². The largest absolute Gasteiger partial charge is 0.425 e. The summed E-state index contributed by atoms with van der Waals surface area (Å²) in [6.07, 6.45) is 0. The Balaban J connectivity index is 2.28. The van der Waals surface area contributed by atoms with Gasteiger partial charge in [-0.1, -0.05) is 12.1 Å². The van der Waals surface area contributed by atoms with Gasteiger partial charge >= 0.3 is 5.97 Å². The van der Waals surface area contributed by atoms with Crippen LogP contribution in [0.15, 0.2) is 40.8 Å². The molecule has 0 radical (unpaired) electrons. The zero-order valence-electron chi connectivity index (χ0n) is 8.77. The third kappa shape index (κ3) is 2.23. The molecule has 0 fully saturated rings. The maximum atomic E-state index is 10.7. The molecule has 0 aliphatic carbocycles. The molecule has 1 aromatic carbocycles. The topological polar surface area (TPSA) is 65.5 Å². The molecule has 2 aromatic rings. The van der Waals surface area contributed by atoms with Crippen molar-refractivity contribution in [3.05, 3.63) is 36.4 Å². The lowest BCUT2D eigenvalue weighted by Crippen LogP contribution is -1.99. The van der Waals surface area contributed by atoms with Crippen molar-refractivity contribution in [3.8, 4) is 17.3 Å². The number of furan rings is 1. The molecule has 0 unspecified atom stereocenters. The van der Waals surface area contributed by atoms with Gasteiger partial charge in [-0.05, 0) is 18.2 Å². The molecule has 2 rings (SSSR count). The summed E-state index contributed by atoms with van der Waals surface area (Å²) in [5, 5.41) is 0. The summed E-state index contributed by atoms with van der Waals surface area (Å²) in [7, 11) is 0. The first kappa shape index (κ1) is 10.3. The van der Waals surface area contributed by atoms with Crippen molar-refractivity contribution in [2.45, 2.75) is 6.92 Å². The number of nitrogens with two attached hydrogens (primary N) is 1. The van der Waals surface area contributed by atoms with E-state index in [1.165, 1.54) is 6.92 Å². The molecular formula is C12H11NO3. The number of esters is 1. The molecule has 4 heteroatoms. The Hall–Kier alpha value is -2.23. The van der Waals surface area contributed by atoms with E-state index in [4.69, 9.17) is 14.9 Å². The second-order valence-corrected chi connectivity index (χ2v) is 3.34. The Morgan fingerprint density at radius 2 is 2.12 bits per heavy atom. The Morgan fingerprint density at radius 3 is 2.81 bits per heavy atom. The van der Waals surface area contributed by atoms with E-state index in [0.717, 1.165) is 5.56 Å². The average molecular weight is 217 g/mol. The molecule has 4 nitrogen and oxygen atoms in total. The third-order valence-electron chi connectivity index (χ3n) is 2.00. The van der Waals surface area contributed by atoms with Crippen molar-refractivity contribution < 1.29 is 13.9 Å². The van der Waals surface area contributed by atoms with E-state index in [1.54, 1.807) is 24.3 Å². The first-order valence-electron chi connectivity index (χ1n) is 4.79. The summed E-state index contributed by atoms with van der Waals surface area (Å²) in [6.45, 7) is 1.32. The summed E-state index contributed by atoms with van der Waals surface area (Å²) in [4.78, 5) is 10.7. The number of ether oxygens (including phenoxy) is 1. The SMILES string of the molecule is CC(=O)Oc1ccc(-c2cccc(N)c2)o1. The van der Waals surface area contributed by atoms with Crippen LogP contribution in [0.2, 0.25) is 0 Å². The van der Waals surface area contributed by atoms with Gasteiger partial charge < -0.3 is 14.9 Å². The summed E-state index contributed by atoms with van der Waals surface area (Å²) < 4.78 is 10.1. The van der Waals surface area contributed by atoms with Crippen molar-refractivity contribution >= 4 is 11.7 Å². The van der Waals surface area contributed by atoms with E-state index in [1.807, 2.05) is 12.1 Å². The van der Waals surface area contributed by atoms with Crippen LogP contribution in [0.5, 0.6) is 5.95 Å². The van der Waals surface area contributed by atoms with E-state index < -0.39 is 5.97 Å². The van der Waals surface area contributed by atoms with Crippen LogP contribution in [0.25, 0.3) is 11.3 Å². The molecule has 0 atom stereocenters. The van der Waals surface area contributed by atoms with Crippen LogP contribution in [0.1, 0.15) is 6.92 Å². The summed E-state index contributed by atoms with van der Waals surface area (Å²) >= 11 is 0. The number of benzene rings is 1. The van der Waals surface area contributed by atoms with Crippen molar-refractivity contribution in [3.63, 3.8) is 0 Å². The van der Waals surface area contributed by atoms with Crippen LogP contribution in [-0.2, 0) is 4.79 Å². The van der Waals surface area contributed by atoms with Crippen molar-refractivity contribution in [1.82, 2.24) is 0 Å². The highest BCUT2D eigenvalue weighted by Crippen LogP contribution is 2.27. The molecule has 82 valence electrons. The van der Waals surface area contributed by atoms with Crippen molar-refractivity contribution in [1.29, 1.82) is 0 Å². The van der Waals surface area contributed by atoms with Crippen LogP contribution in [0.3, 0.4) is 0 Å². The smallest absolute Gasteiger partial charge is 0.310 e. The van der Waals surface area contributed by atoms with Gasteiger partial charge in [0.15, 0.2) is 0 Å². The Bertz CT molecular complexity index is 516. The average Bonchev–Trinajstić information content (AvgIpc) is 2.65. The minimum absolute atomic E-state index is 0.185. The van der Waals surface area contributed by atoms with Gasteiger partial charge in [0.25, 0.3) is 5.95 Å². The molecule has 2 N–H and O–H groups in total. The number of rotatable bonds is 2. The minimum Gasteiger partial charge on any atom is -0.425 e. The maximum Gasteiger partial charge on any atom is 0.310 e. The van der Waals surface area contributed by atoms with Crippen LogP contribution < -0.4 is 10.5 Å². The van der Waals surface area contributed by atoms with Gasteiger partial charge in [0.05, 0.1) is 0 Å². The fraction of sp³-hybridized carbons (Fsp3) is 0.0833. The van der Waals surface area contributed by atoms with Gasteiger partial charge in [0.2, 0.25) is 0 Å². The second-order valence-electron chi connectivity index (χ2n) is 3.34. The summed E-state index contributed by atoms with van der Waals surface area (Å²) in [5.74, 6) is 0.391. The van der Waals surface area contributed by atoms with Crippen LogP contribution in [0, 0.1) is 0 Å².